The molecule has 0 saturated carbocycles. The number of nitrogens with one attached hydrogen (secondary N) is 6. The Balaban J connectivity index is 3.57. The molecule has 0 bridgehead atoms. The number of Topliss-reactive ketones (excluding diaryl/α,β-unsaturated/α-hetero) is 2. The molecule has 6 amide bonds. The Labute approximate surface area is 532 Å². The van der Waals surface area contributed by atoms with Crippen molar-refractivity contribution in [3.05, 3.63) is 0 Å². The second-order valence-electron chi connectivity index (χ2n) is 21.4. The van der Waals surface area contributed by atoms with Gasteiger partial charge in [-0.2, -0.15) is 0 Å². The van der Waals surface area contributed by atoms with Gasteiger partial charge in [0.2, 0.25) is 35.4 Å². The summed E-state index contributed by atoms with van der Waals surface area (Å²) in [7, 11) is 0. The molecule has 0 rings (SSSR count). The first-order valence-electron chi connectivity index (χ1n) is 32.2. The molecule has 0 aromatic heterocycles. The summed E-state index contributed by atoms with van der Waals surface area (Å²) in [5.41, 5.74) is 5.52. The van der Waals surface area contributed by atoms with E-state index < -0.39 is 35.8 Å². The maximum Gasteiger partial charge on any atom is 0.306 e. The van der Waals surface area contributed by atoms with Gasteiger partial charge in [-0.25, -0.2) is 0 Å². The molecule has 0 aliphatic heterocycles. The zero-order valence-corrected chi connectivity index (χ0v) is 53.9. The Morgan fingerprint density at radius 3 is 0.922 bits per heavy atom. The van der Waals surface area contributed by atoms with Crippen molar-refractivity contribution in [2.75, 3.05) is 165 Å². The first kappa shape index (κ1) is 84.7. The number of carboxylic acids is 2. The number of hydrogen-bond acceptors (Lipinski definition) is 21. The van der Waals surface area contributed by atoms with Crippen LogP contribution < -0.4 is 37.6 Å². The van der Waals surface area contributed by atoms with Crippen molar-refractivity contribution in [3.63, 3.8) is 0 Å². The van der Waals surface area contributed by atoms with Crippen LogP contribution in [0.2, 0.25) is 0 Å². The lowest BCUT2D eigenvalue weighted by Crippen LogP contribution is -2.46. The van der Waals surface area contributed by atoms with Gasteiger partial charge in [0, 0.05) is 58.4 Å². The van der Waals surface area contributed by atoms with E-state index >= 15 is 0 Å². The highest BCUT2D eigenvalue weighted by Crippen LogP contribution is 2.17. The number of carboxylic acid groups (broad SMARTS) is 2. The average Bonchev–Trinajstić information content (AvgIpc) is 3.72. The summed E-state index contributed by atoms with van der Waals surface area (Å²) in [4.78, 5) is 119. The number of amides is 6. The van der Waals surface area contributed by atoms with Crippen LogP contribution in [0, 0.1) is 5.92 Å². The first-order chi connectivity index (χ1) is 43.5. The van der Waals surface area contributed by atoms with Crippen LogP contribution in [0.4, 0.5) is 0 Å². The van der Waals surface area contributed by atoms with E-state index in [4.69, 9.17) is 58.2 Å². The number of nitrogens with two attached hydrogens (primary N) is 1. The van der Waals surface area contributed by atoms with Gasteiger partial charge in [-0.15, -0.1) is 0 Å². The average molecular weight is 1290 g/mol. The smallest absolute Gasteiger partial charge is 0.306 e. The van der Waals surface area contributed by atoms with E-state index in [-0.39, 0.29) is 232 Å². The second kappa shape index (κ2) is 62.5. The number of carbonyl (C=O) groups is 10. The van der Waals surface area contributed by atoms with Crippen LogP contribution in [0.1, 0.15) is 149 Å². The molecule has 0 fully saturated rings. The van der Waals surface area contributed by atoms with E-state index in [2.05, 4.69) is 31.9 Å². The lowest BCUT2D eigenvalue weighted by atomic mass is 9.94. The molecule has 0 aromatic rings. The Kier molecular flexibility index (Phi) is 58.8. The number of carbonyl (C=O) groups excluding carboxylic acids is 8. The van der Waals surface area contributed by atoms with Gasteiger partial charge in [0.15, 0.2) is 5.78 Å². The van der Waals surface area contributed by atoms with Gasteiger partial charge >= 0.3 is 11.9 Å². The normalized spacial score (nSPS) is 12.2. The minimum Gasteiger partial charge on any atom is -0.481 e. The highest BCUT2D eigenvalue weighted by atomic mass is 16.5. The number of ether oxygens (including phenoxy) is 10. The quantitative estimate of drug-likeness (QED) is 0.0391. The molecular formula is C61H111N7O22. The number of hydrogen-bond donors (Lipinski definition) is 9. The number of ketones is 2. The van der Waals surface area contributed by atoms with E-state index in [1.165, 1.54) is 57.8 Å². The van der Waals surface area contributed by atoms with E-state index in [0.29, 0.717) is 6.42 Å². The Bertz CT molecular complexity index is 1910. The predicted octanol–water partition coefficient (Wildman–Crippen LogP) is 1.70. The zero-order chi connectivity index (χ0) is 66.3. The summed E-state index contributed by atoms with van der Waals surface area (Å²) in [5.74, 6) is -5.18. The number of unbranched alkanes of at least 4 members (excludes halogenated alkanes) is 15. The minimum absolute atomic E-state index is 0.0183. The largest absolute Gasteiger partial charge is 0.481 e. The van der Waals surface area contributed by atoms with Crippen molar-refractivity contribution in [3.8, 4) is 0 Å². The van der Waals surface area contributed by atoms with Gasteiger partial charge in [0.05, 0.1) is 117 Å². The first-order valence-corrected chi connectivity index (χ1v) is 32.2. The van der Waals surface area contributed by atoms with Crippen LogP contribution in [0.3, 0.4) is 0 Å². The third kappa shape index (κ3) is 60.2. The van der Waals surface area contributed by atoms with Gasteiger partial charge in [0.1, 0.15) is 38.8 Å². The fourth-order valence-electron chi connectivity index (χ4n) is 8.35. The van der Waals surface area contributed by atoms with Crippen molar-refractivity contribution >= 4 is 58.9 Å². The van der Waals surface area contributed by atoms with Gasteiger partial charge in [-0.3, -0.25) is 47.9 Å². The monoisotopic (exact) mass is 1290 g/mol. The molecular weight excluding hydrogens is 1180 g/mol. The van der Waals surface area contributed by atoms with Gasteiger partial charge in [-0.1, -0.05) is 89.9 Å². The van der Waals surface area contributed by atoms with E-state index in [9.17, 15) is 53.1 Å². The fourth-order valence-corrected chi connectivity index (χ4v) is 8.35. The summed E-state index contributed by atoms with van der Waals surface area (Å²) in [5, 5.41) is 34.1. The maximum atomic E-state index is 12.5. The van der Waals surface area contributed by atoms with Crippen LogP contribution in [-0.2, 0) is 95.3 Å². The molecule has 0 heterocycles. The lowest BCUT2D eigenvalue weighted by molar-refractivity contribution is -0.144. The van der Waals surface area contributed by atoms with Gasteiger partial charge < -0.3 is 95.2 Å². The third-order valence-electron chi connectivity index (χ3n) is 13.3. The summed E-state index contributed by atoms with van der Waals surface area (Å²) in [6, 6.07) is -1.38. The minimum atomic E-state index is -1.08. The topological polar surface area (TPSA) is 402 Å². The van der Waals surface area contributed by atoms with Crippen LogP contribution in [0.25, 0.3) is 0 Å². The SMILES string of the molecule is CC(N)C(=O)[C@H](C)NC(=O)COCCOCCNC(=O)COCCOCCNC(=O)COCCOCCNC(=O)COCCOCCNC(=O)COCCOCCNC(=O)CC[C@H](CC(=O)CCCCCCCCCCCCCCCCCCC(=O)O)C(=O)O. The summed E-state index contributed by atoms with van der Waals surface area (Å²) in [6.45, 7) is 6.29. The highest BCUT2D eigenvalue weighted by molar-refractivity contribution is 5.92. The van der Waals surface area contributed by atoms with Crippen molar-refractivity contribution in [2.45, 2.75) is 161 Å². The molecule has 1 unspecified atom stereocenters. The van der Waals surface area contributed by atoms with Crippen molar-refractivity contribution in [1.82, 2.24) is 31.9 Å². The van der Waals surface area contributed by atoms with Crippen LogP contribution >= 0.6 is 0 Å². The molecule has 0 aliphatic rings. The van der Waals surface area contributed by atoms with Crippen molar-refractivity contribution in [1.29, 1.82) is 0 Å². The standard InChI is InChI=1S/C61H111N7O22/c1-49(62)60(78)50(2)68-58(75)48-90-42-37-85-32-27-67-57(74)47-89-41-36-84-31-26-66-56(73)46-88-40-35-83-30-25-65-55(72)45-87-39-34-82-29-24-64-54(71)44-86-38-33-81-28-23-63-53(70)22-21-51(61(79)80)43-52(69)19-17-15-13-11-9-7-5-3-4-6-8-10-12-14-16-18-20-59(76)77/h49-51H,3-48,62H2,1-2H3,(H,63,70)(H,64,71)(H,65,72)(H,66,73)(H,67,74)(H,68,75)(H,76,77)(H,79,80)/t49?,50-,51+/m0/s1. The van der Waals surface area contributed by atoms with Crippen LogP contribution in [-0.4, -0.2) is 246 Å². The molecule has 90 heavy (non-hydrogen) atoms. The van der Waals surface area contributed by atoms with E-state index in [0.717, 1.165) is 44.9 Å². The molecule has 0 radical (unpaired) electrons. The van der Waals surface area contributed by atoms with Crippen LogP contribution in [0.5, 0.6) is 0 Å². The Hall–Kier alpha value is -5.34. The maximum absolute atomic E-state index is 12.5. The molecule has 10 N–H and O–H groups in total. The van der Waals surface area contributed by atoms with E-state index in [1.807, 2.05) is 0 Å². The Morgan fingerprint density at radius 1 is 0.344 bits per heavy atom. The Morgan fingerprint density at radius 2 is 0.622 bits per heavy atom. The van der Waals surface area contributed by atoms with Gasteiger partial charge in [-0.05, 0) is 33.1 Å². The second-order valence-corrected chi connectivity index (χ2v) is 21.4. The van der Waals surface area contributed by atoms with Gasteiger partial charge in [0.25, 0.3) is 0 Å². The molecule has 0 aromatic carbocycles. The van der Waals surface area contributed by atoms with Crippen LogP contribution in [0.15, 0.2) is 0 Å². The van der Waals surface area contributed by atoms with Crippen molar-refractivity contribution < 1.29 is 106 Å². The predicted molar refractivity (Wildman–Crippen MR) is 330 cm³/mol. The highest BCUT2D eigenvalue weighted by Gasteiger charge is 2.22. The third-order valence-corrected chi connectivity index (χ3v) is 13.3. The van der Waals surface area contributed by atoms with E-state index in [1.54, 1.807) is 13.8 Å². The zero-order valence-electron chi connectivity index (χ0n) is 53.9. The molecule has 522 valence electrons. The summed E-state index contributed by atoms with van der Waals surface area (Å²) < 4.78 is 53.3. The number of aliphatic carboxylic acids is 2. The lowest BCUT2D eigenvalue weighted by Gasteiger charge is -2.15. The molecule has 3 atom stereocenters. The molecule has 29 heteroatoms. The summed E-state index contributed by atoms with van der Waals surface area (Å²) >= 11 is 0. The van der Waals surface area contributed by atoms with Crippen molar-refractivity contribution in [2.24, 2.45) is 11.7 Å². The summed E-state index contributed by atoms with van der Waals surface area (Å²) in [6.07, 6.45) is 18.5. The molecule has 29 nitrogen and oxygen atoms in total. The molecule has 0 saturated heterocycles. The molecule has 0 aliphatic carbocycles. The fraction of sp³-hybridized carbons (Fsp3) is 0.836. The number of rotatable bonds is 68. The molecule has 0 spiro atoms.